The maximum Gasteiger partial charge on any atom is 0.108 e. The summed E-state index contributed by atoms with van der Waals surface area (Å²) < 4.78 is 8.52. The van der Waals surface area contributed by atoms with Crippen LogP contribution in [0.2, 0.25) is 0 Å². The van der Waals surface area contributed by atoms with Crippen LogP contribution in [-0.2, 0) is 11.3 Å². The van der Waals surface area contributed by atoms with Crippen molar-refractivity contribution in [1.82, 2.24) is 9.47 Å². The monoisotopic (exact) mass is 376 g/mol. The number of aromatic nitrogens is 1. The molecular formula is C24H28N2O2. The molecule has 0 radical (unpaired) electrons. The minimum Gasteiger partial charge on any atom is -0.389 e. The molecule has 2 atom stereocenters. The number of fused-ring (bicyclic) bond motifs is 1. The van der Waals surface area contributed by atoms with Gasteiger partial charge in [0.2, 0.25) is 0 Å². The average molecular weight is 377 g/mol. The molecule has 0 saturated heterocycles. The Labute approximate surface area is 167 Å². The van der Waals surface area contributed by atoms with Crippen molar-refractivity contribution in [2.45, 2.75) is 31.7 Å². The van der Waals surface area contributed by atoms with Crippen LogP contribution in [0, 0.1) is 0 Å². The van der Waals surface area contributed by atoms with Gasteiger partial charge in [-0.2, -0.15) is 0 Å². The van der Waals surface area contributed by atoms with Crippen LogP contribution in [0.15, 0.2) is 79.0 Å². The van der Waals surface area contributed by atoms with Gasteiger partial charge in [0.1, 0.15) is 6.10 Å². The zero-order valence-electron chi connectivity index (χ0n) is 16.3. The second-order valence-corrected chi connectivity index (χ2v) is 7.49. The Hall–Kier alpha value is -2.40. The molecule has 4 nitrogen and oxygen atoms in total. The first-order valence-electron chi connectivity index (χ1n) is 10.0. The third-order valence-corrected chi connectivity index (χ3v) is 5.57. The van der Waals surface area contributed by atoms with Gasteiger partial charge in [-0.3, -0.25) is 4.90 Å². The van der Waals surface area contributed by atoms with Gasteiger partial charge in [-0.1, -0.05) is 60.7 Å². The van der Waals surface area contributed by atoms with E-state index in [-0.39, 0.29) is 6.10 Å². The third kappa shape index (κ3) is 4.20. The Bertz CT molecular complexity index is 823. The number of ether oxygens (including phenoxy) is 1. The van der Waals surface area contributed by atoms with E-state index in [1.807, 2.05) is 36.4 Å². The van der Waals surface area contributed by atoms with Gasteiger partial charge in [-0.05, 0) is 30.2 Å². The number of benzene rings is 2. The van der Waals surface area contributed by atoms with Crippen LogP contribution in [0.25, 0.3) is 0 Å². The van der Waals surface area contributed by atoms with Crippen molar-refractivity contribution < 1.29 is 9.84 Å². The molecule has 2 heterocycles. The van der Waals surface area contributed by atoms with Gasteiger partial charge < -0.3 is 14.4 Å². The van der Waals surface area contributed by atoms with Crippen LogP contribution in [0.4, 0.5) is 0 Å². The first kappa shape index (κ1) is 18.9. The highest BCUT2D eigenvalue weighted by atomic mass is 16.5. The van der Waals surface area contributed by atoms with Crippen molar-refractivity contribution in [2.24, 2.45) is 0 Å². The van der Waals surface area contributed by atoms with Crippen molar-refractivity contribution in [3.05, 3.63) is 95.8 Å². The predicted octanol–water partition coefficient (Wildman–Crippen LogP) is 4.03. The molecule has 4 rings (SSSR count). The number of nitrogens with zero attached hydrogens (tertiary/aromatic N) is 2. The Kier molecular flexibility index (Phi) is 5.91. The molecule has 146 valence electrons. The summed E-state index contributed by atoms with van der Waals surface area (Å²) >= 11 is 0. The van der Waals surface area contributed by atoms with E-state index in [1.165, 1.54) is 5.69 Å². The van der Waals surface area contributed by atoms with Gasteiger partial charge in [-0.25, -0.2) is 0 Å². The first-order valence-corrected chi connectivity index (χ1v) is 10.0. The molecule has 1 aliphatic rings. The number of aliphatic hydroxyl groups excluding tert-OH is 1. The zero-order chi connectivity index (χ0) is 19.3. The largest absolute Gasteiger partial charge is 0.389 e. The van der Waals surface area contributed by atoms with Crippen LogP contribution < -0.4 is 0 Å². The summed E-state index contributed by atoms with van der Waals surface area (Å²) in [6, 6.07) is 25.0. The van der Waals surface area contributed by atoms with Crippen molar-refractivity contribution in [2.75, 3.05) is 19.7 Å². The smallest absolute Gasteiger partial charge is 0.108 e. The van der Waals surface area contributed by atoms with Gasteiger partial charge in [0.25, 0.3) is 0 Å². The van der Waals surface area contributed by atoms with Gasteiger partial charge in [0.15, 0.2) is 0 Å². The lowest BCUT2D eigenvalue weighted by Gasteiger charge is -2.36. The van der Waals surface area contributed by atoms with Crippen molar-refractivity contribution >= 4 is 0 Å². The minimum atomic E-state index is -0.529. The molecule has 2 aromatic carbocycles. The van der Waals surface area contributed by atoms with Crippen molar-refractivity contribution in [3.8, 4) is 0 Å². The maximum absolute atomic E-state index is 10.7. The second kappa shape index (κ2) is 8.74. The summed E-state index contributed by atoms with van der Waals surface area (Å²) in [5.41, 5.74) is 3.51. The number of aliphatic hydroxyl groups is 1. The molecule has 0 amide bonds. The highest BCUT2D eigenvalue weighted by Gasteiger charge is 2.26. The SMILES string of the molecule is C[C@@H]1c2cccn2CCN1C[C@@H](O)COC(c1ccccc1)c1ccccc1. The zero-order valence-corrected chi connectivity index (χ0v) is 16.3. The van der Waals surface area contributed by atoms with E-state index >= 15 is 0 Å². The summed E-state index contributed by atoms with van der Waals surface area (Å²) in [6.45, 7) is 5.04. The van der Waals surface area contributed by atoms with Gasteiger partial charge >= 0.3 is 0 Å². The average Bonchev–Trinajstić information content (AvgIpc) is 3.22. The highest BCUT2D eigenvalue weighted by Crippen LogP contribution is 2.27. The Morgan fingerprint density at radius 3 is 2.21 bits per heavy atom. The lowest BCUT2D eigenvalue weighted by atomic mass is 10.0. The Morgan fingerprint density at radius 1 is 0.929 bits per heavy atom. The summed E-state index contributed by atoms with van der Waals surface area (Å²) in [7, 11) is 0. The van der Waals surface area contributed by atoms with E-state index in [9.17, 15) is 5.11 Å². The topological polar surface area (TPSA) is 37.6 Å². The van der Waals surface area contributed by atoms with E-state index in [1.54, 1.807) is 0 Å². The molecule has 28 heavy (non-hydrogen) atoms. The second-order valence-electron chi connectivity index (χ2n) is 7.49. The quantitative estimate of drug-likeness (QED) is 0.676. The van der Waals surface area contributed by atoms with Crippen LogP contribution in [-0.4, -0.2) is 40.4 Å². The van der Waals surface area contributed by atoms with Gasteiger partial charge in [0, 0.05) is 37.6 Å². The fourth-order valence-corrected chi connectivity index (χ4v) is 4.05. The molecule has 3 aromatic rings. The van der Waals surface area contributed by atoms with Crippen LogP contribution in [0.1, 0.15) is 35.9 Å². The molecule has 1 aliphatic heterocycles. The molecule has 1 aromatic heterocycles. The van der Waals surface area contributed by atoms with Crippen molar-refractivity contribution in [3.63, 3.8) is 0 Å². The number of β-amino-alcohol motifs (C(OH)–C–C–N with tert-alkyl or cyclic N) is 1. The highest BCUT2D eigenvalue weighted by molar-refractivity contribution is 5.29. The fourth-order valence-electron chi connectivity index (χ4n) is 4.05. The lowest BCUT2D eigenvalue weighted by molar-refractivity contribution is -0.0165. The standard InChI is InChI=1S/C24H28N2O2/c1-19-23-13-8-14-25(23)15-16-26(19)17-22(27)18-28-24(20-9-4-2-5-10-20)21-11-6-3-7-12-21/h2-14,19,22,24,27H,15-18H2,1H3/t19-,22-/m1/s1. The number of hydrogen-bond acceptors (Lipinski definition) is 3. The van der Waals surface area contributed by atoms with Gasteiger partial charge in [-0.15, -0.1) is 0 Å². The molecule has 0 aliphatic carbocycles. The molecule has 0 fully saturated rings. The summed E-state index contributed by atoms with van der Waals surface area (Å²) in [4.78, 5) is 2.34. The third-order valence-electron chi connectivity index (χ3n) is 5.57. The summed E-state index contributed by atoms with van der Waals surface area (Å²) in [5, 5.41) is 10.7. The van der Waals surface area contributed by atoms with E-state index in [0.29, 0.717) is 19.2 Å². The van der Waals surface area contributed by atoms with Gasteiger partial charge in [0.05, 0.1) is 12.7 Å². The van der Waals surface area contributed by atoms with E-state index < -0.39 is 6.10 Å². The molecule has 0 unspecified atom stereocenters. The van der Waals surface area contributed by atoms with Crippen molar-refractivity contribution in [1.29, 1.82) is 0 Å². The van der Waals surface area contributed by atoms with Crippen LogP contribution in [0.5, 0.6) is 0 Å². The van der Waals surface area contributed by atoms with Crippen LogP contribution in [0.3, 0.4) is 0 Å². The number of rotatable bonds is 7. The van der Waals surface area contributed by atoms with Crippen LogP contribution >= 0.6 is 0 Å². The minimum absolute atomic E-state index is 0.173. The van der Waals surface area contributed by atoms with E-state index in [0.717, 1.165) is 24.2 Å². The molecule has 1 N–H and O–H groups in total. The maximum atomic E-state index is 10.7. The molecule has 0 saturated carbocycles. The first-order chi connectivity index (χ1) is 13.7. The molecular weight excluding hydrogens is 348 g/mol. The summed E-state index contributed by atoms with van der Waals surface area (Å²) in [6.07, 6.45) is 1.43. The van der Waals surface area contributed by atoms with E-state index in [4.69, 9.17) is 4.74 Å². The fraction of sp³-hybridized carbons (Fsp3) is 0.333. The normalized spacial score (nSPS) is 18.2. The predicted molar refractivity (Wildman–Crippen MR) is 111 cm³/mol. The Balaban J connectivity index is 1.40. The molecule has 4 heteroatoms. The summed E-state index contributed by atoms with van der Waals surface area (Å²) in [5.74, 6) is 0. The van der Waals surface area contributed by atoms with E-state index in [2.05, 4.69) is 59.0 Å². The molecule has 0 spiro atoms. The number of hydrogen-bond donors (Lipinski definition) is 1. The molecule has 0 bridgehead atoms. The lowest BCUT2D eigenvalue weighted by Crippen LogP contribution is -2.42. The Morgan fingerprint density at radius 2 is 1.57 bits per heavy atom.